The van der Waals surface area contributed by atoms with Gasteiger partial charge < -0.3 is 5.11 Å². The summed E-state index contributed by atoms with van der Waals surface area (Å²) in [5.41, 5.74) is 5.90. The maximum absolute atomic E-state index is 14.1. The van der Waals surface area contributed by atoms with Gasteiger partial charge in [0.2, 0.25) is 0 Å². The molecule has 0 aliphatic carbocycles. The fraction of sp³-hybridized carbons (Fsp3) is 0.107. The molecule has 4 aromatic rings. The van der Waals surface area contributed by atoms with Crippen LogP contribution in [0.3, 0.4) is 0 Å². The maximum Gasteiger partial charge on any atom is 0.286 e. The number of carbonyl (C=O) groups excluding carboxylic acids is 1. The van der Waals surface area contributed by atoms with Crippen LogP contribution in [0.5, 0.6) is 0 Å². The number of carbonyl (C=O) groups is 1. The molecule has 0 radical (unpaired) electrons. The van der Waals surface area contributed by atoms with Crippen LogP contribution in [0.15, 0.2) is 109 Å². The third-order valence-corrected chi connectivity index (χ3v) is 5.48. The second kappa shape index (κ2) is 9.08. The Labute approximate surface area is 188 Å². The van der Waals surface area contributed by atoms with E-state index in [1.165, 1.54) is 5.01 Å². The number of hydrogen-bond donors (Lipinski definition) is 2. The first-order valence-corrected chi connectivity index (χ1v) is 10.6. The van der Waals surface area contributed by atoms with Gasteiger partial charge in [0.1, 0.15) is 0 Å². The van der Waals surface area contributed by atoms with Crippen LogP contribution in [-0.2, 0) is 10.4 Å². The minimum absolute atomic E-state index is 0.499. The average molecular weight is 423 g/mol. The van der Waals surface area contributed by atoms with Crippen molar-refractivity contribution in [3.63, 3.8) is 0 Å². The number of hydrogen-bond acceptors (Lipinski definition) is 3. The largest absolute Gasteiger partial charge is 0.372 e. The van der Waals surface area contributed by atoms with E-state index in [4.69, 9.17) is 0 Å². The molecule has 32 heavy (non-hydrogen) atoms. The van der Waals surface area contributed by atoms with Gasteiger partial charge in [-0.25, -0.2) is 5.01 Å². The summed E-state index contributed by atoms with van der Waals surface area (Å²) >= 11 is 0. The van der Waals surface area contributed by atoms with Crippen molar-refractivity contribution in [3.05, 3.63) is 131 Å². The fourth-order valence-electron chi connectivity index (χ4n) is 3.62. The Hall–Kier alpha value is -3.89. The second-order valence-electron chi connectivity index (χ2n) is 7.90. The molecule has 2 N–H and O–H groups in total. The van der Waals surface area contributed by atoms with Gasteiger partial charge in [0.05, 0.1) is 11.4 Å². The molecule has 0 spiro atoms. The van der Waals surface area contributed by atoms with Gasteiger partial charge in [0.25, 0.3) is 5.91 Å². The van der Waals surface area contributed by atoms with Crippen molar-refractivity contribution in [1.82, 2.24) is 0 Å². The van der Waals surface area contributed by atoms with Crippen LogP contribution >= 0.6 is 0 Å². The van der Waals surface area contributed by atoms with E-state index in [0.717, 1.165) is 16.8 Å². The molecule has 0 fully saturated rings. The lowest BCUT2D eigenvalue weighted by Crippen LogP contribution is -2.50. The molecule has 160 valence electrons. The van der Waals surface area contributed by atoms with E-state index < -0.39 is 11.5 Å². The van der Waals surface area contributed by atoms with Gasteiger partial charge in [-0.15, -0.1) is 0 Å². The number of rotatable bonds is 6. The topological polar surface area (TPSA) is 52.6 Å². The van der Waals surface area contributed by atoms with Crippen molar-refractivity contribution in [3.8, 4) is 0 Å². The summed E-state index contributed by atoms with van der Waals surface area (Å²) in [6, 6.07) is 33.5. The normalized spacial score (nSPS) is 11.1. The third kappa shape index (κ3) is 4.27. The molecular weight excluding hydrogens is 396 g/mol. The first-order valence-electron chi connectivity index (χ1n) is 10.6. The number of anilines is 2. The summed E-state index contributed by atoms with van der Waals surface area (Å²) in [7, 11) is 0. The molecule has 0 aliphatic rings. The van der Waals surface area contributed by atoms with Gasteiger partial charge in [-0.2, -0.15) is 0 Å². The van der Waals surface area contributed by atoms with E-state index in [1.807, 2.05) is 98.8 Å². The van der Waals surface area contributed by atoms with Gasteiger partial charge in [-0.05, 0) is 49.2 Å². The molecule has 0 heterocycles. The van der Waals surface area contributed by atoms with E-state index in [2.05, 4.69) is 5.43 Å². The number of benzene rings is 4. The highest BCUT2D eigenvalue weighted by Crippen LogP contribution is 2.34. The summed E-state index contributed by atoms with van der Waals surface area (Å²) in [4.78, 5) is 14.1. The van der Waals surface area contributed by atoms with Crippen molar-refractivity contribution in [2.45, 2.75) is 19.4 Å². The van der Waals surface area contributed by atoms with E-state index in [1.54, 1.807) is 24.3 Å². The molecule has 4 rings (SSSR count). The first kappa shape index (κ1) is 21.3. The molecule has 0 saturated carbocycles. The molecule has 4 aromatic carbocycles. The molecule has 0 bridgehead atoms. The van der Waals surface area contributed by atoms with Gasteiger partial charge in [0.15, 0.2) is 5.60 Å². The average Bonchev–Trinajstić information content (AvgIpc) is 2.84. The van der Waals surface area contributed by atoms with Crippen molar-refractivity contribution in [2.24, 2.45) is 0 Å². The van der Waals surface area contributed by atoms with Crippen LogP contribution in [0.4, 0.5) is 11.4 Å². The van der Waals surface area contributed by atoms with Crippen LogP contribution in [0.1, 0.15) is 22.3 Å². The predicted molar refractivity (Wildman–Crippen MR) is 129 cm³/mol. The zero-order valence-corrected chi connectivity index (χ0v) is 18.2. The molecule has 0 saturated heterocycles. The SMILES string of the molecule is Cc1ccc(NN(C(=O)C(O)(c2ccccc2)c2ccccc2)c2ccc(C)cc2)cc1. The molecular formula is C28H26N2O2. The Kier molecular flexibility index (Phi) is 6.06. The first-order chi connectivity index (χ1) is 15.5. The Morgan fingerprint density at radius 3 is 1.59 bits per heavy atom. The summed E-state index contributed by atoms with van der Waals surface area (Å²) in [6.07, 6.45) is 0. The third-order valence-electron chi connectivity index (χ3n) is 5.48. The lowest BCUT2D eigenvalue weighted by Gasteiger charge is -2.34. The van der Waals surface area contributed by atoms with Gasteiger partial charge in [-0.3, -0.25) is 10.2 Å². The minimum Gasteiger partial charge on any atom is -0.372 e. The summed E-state index contributed by atoms with van der Waals surface area (Å²) in [6.45, 7) is 4.00. The fourth-order valence-corrected chi connectivity index (χ4v) is 3.62. The standard InChI is InChI=1S/C28H26N2O2/c1-21-13-17-25(18-14-21)29-30(26-19-15-22(2)16-20-26)27(31)28(32,23-9-5-3-6-10-23)24-11-7-4-8-12-24/h3-20,29,32H,1-2H3. The second-order valence-corrected chi connectivity index (χ2v) is 7.90. The monoisotopic (exact) mass is 422 g/mol. The number of hydrazine groups is 1. The number of amides is 1. The van der Waals surface area contributed by atoms with Crippen LogP contribution in [-0.4, -0.2) is 11.0 Å². The van der Waals surface area contributed by atoms with Crippen molar-refractivity contribution < 1.29 is 9.90 Å². The van der Waals surface area contributed by atoms with E-state index in [0.29, 0.717) is 16.8 Å². The van der Waals surface area contributed by atoms with Crippen LogP contribution in [0.2, 0.25) is 0 Å². The summed E-state index contributed by atoms with van der Waals surface area (Å²) in [5, 5.41) is 13.4. The Bertz CT molecular complexity index is 1130. The summed E-state index contributed by atoms with van der Waals surface area (Å²) in [5.74, 6) is -0.501. The van der Waals surface area contributed by atoms with Crippen LogP contribution < -0.4 is 10.4 Å². The predicted octanol–water partition coefficient (Wildman–Crippen LogP) is 5.60. The molecule has 0 aromatic heterocycles. The van der Waals surface area contributed by atoms with Gasteiger partial charge >= 0.3 is 0 Å². The quantitative estimate of drug-likeness (QED) is 0.398. The molecule has 0 unspecified atom stereocenters. The molecule has 1 amide bonds. The highest BCUT2D eigenvalue weighted by molar-refractivity contribution is 6.03. The smallest absolute Gasteiger partial charge is 0.286 e. The van der Waals surface area contributed by atoms with Crippen molar-refractivity contribution >= 4 is 17.3 Å². The number of aryl methyl sites for hydroxylation is 2. The Balaban J connectivity index is 1.84. The molecule has 0 aliphatic heterocycles. The minimum atomic E-state index is -1.88. The number of aliphatic hydroxyl groups is 1. The summed E-state index contributed by atoms with van der Waals surface area (Å²) < 4.78 is 0. The lowest BCUT2D eigenvalue weighted by atomic mass is 9.85. The van der Waals surface area contributed by atoms with E-state index >= 15 is 0 Å². The Morgan fingerprint density at radius 2 is 1.12 bits per heavy atom. The van der Waals surface area contributed by atoms with E-state index in [-0.39, 0.29) is 0 Å². The number of nitrogens with one attached hydrogen (secondary N) is 1. The molecule has 0 atom stereocenters. The highest BCUT2D eigenvalue weighted by atomic mass is 16.3. The Morgan fingerprint density at radius 1 is 0.688 bits per heavy atom. The van der Waals surface area contributed by atoms with E-state index in [9.17, 15) is 9.90 Å². The zero-order valence-electron chi connectivity index (χ0n) is 18.2. The van der Waals surface area contributed by atoms with Gasteiger partial charge in [-0.1, -0.05) is 96.1 Å². The number of nitrogens with zero attached hydrogens (tertiary/aromatic N) is 1. The molecule has 4 heteroatoms. The lowest BCUT2D eigenvalue weighted by molar-refractivity contribution is -0.133. The van der Waals surface area contributed by atoms with Crippen LogP contribution in [0, 0.1) is 13.8 Å². The van der Waals surface area contributed by atoms with Gasteiger partial charge in [0, 0.05) is 0 Å². The zero-order chi connectivity index (χ0) is 22.6. The highest BCUT2D eigenvalue weighted by Gasteiger charge is 2.43. The molecule has 4 nitrogen and oxygen atoms in total. The van der Waals surface area contributed by atoms with Crippen LogP contribution in [0.25, 0.3) is 0 Å². The van der Waals surface area contributed by atoms with Crippen molar-refractivity contribution in [2.75, 3.05) is 10.4 Å². The maximum atomic E-state index is 14.1. The van der Waals surface area contributed by atoms with Crippen molar-refractivity contribution in [1.29, 1.82) is 0 Å².